The number of aromatic nitrogens is 1. The Morgan fingerprint density at radius 1 is 1.61 bits per heavy atom. The Morgan fingerprint density at radius 2 is 2.39 bits per heavy atom. The molecular weight excluding hydrogens is 230 g/mol. The molecule has 1 aromatic rings. The number of nitrogens with two attached hydrogens (primary N) is 1. The average Bonchev–Trinajstić information content (AvgIpc) is 2.37. The largest absolute Gasteiger partial charge is 0.481 e. The Morgan fingerprint density at radius 3 is 3.00 bits per heavy atom. The Hall–Kier alpha value is -1.78. The molecule has 0 aliphatic carbocycles. The number of carbonyl (C=O) groups excluding carboxylic acids is 1. The zero-order valence-corrected chi connectivity index (χ0v) is 10.8. The van der Waals surface area contributed by atoms with Gasteiger partial charge in [-0.25, -0.2) is 4.98 Å². The average molecular weight is 249 g/mol. The molecule has 2 atom stereocenters. The summed E-state index contributed by atoms with van der Waals surface area (Å²) in [6.07, 6.45) is 2.23. The van der Waals surface area contributed by atoms with Gasteiger partial charge in [0.2, 0.25) is 11.8 Å². The number of rotatable bonds is 4. The van der Waals surface area contributed by atoms with E-state index in [0.29, 0.717) is 18.3 Å². The maximum atomic E-state index is 11.2. The number of fused-ring (bicyclic) bond motifs is 1. The van der Waals surface area contributed by atoms with E-state index in [2.05, 4.69) is 17.2 Å². The lowest BCUT2D eigenvalue weighted by atomic mass is 9.87. The first kappa shape index (κ1) is 12.7. The minimum atomic E-state index is -0.285. The van der Waals surface area contributed by atoms with Gasteiger partial charge in [0.15, 0.2) is 0 Å². The fourth-order valence-electron chi connectivity index (χ4n) is 2.43. The van der Waals surface area contributed by atoms with Crippen LogP contribution in [-0.4, -0.2) is 24.0 Å². The van der Waals surface area contributed by atoms with Gasteiger partial charge in [0.05, 0.1) is 18.5 Å². The summed E-state index contributed by atoms with van der Waals surface area (Å²) in [5.74, 6) is 0.367. The summed E-state index contributed by atoms with van der Waals surface area (Å²) in [6.45, 7) is 2.13. The molecule has 98 valence electrons. The van der Waals surface area contributed by atoms with E-state index in [4.69, 9.17) is 10.5 Å². The molecule has 5 heteroatoms. The van der Waals surface area contributed by atoms with E-state index in [9.17, 15) is 4.79 Å². The van der Waals surface area contributed by atoms with Crippen molar-refractivity contribution in [1.82, 2.24) is 4.98 Å². The van der Waals surface area contributed by atoms with Gasteiger partial charge in [0.1, 0.15) is 0 Å². The lowest BCUT2D eigenvalue weighted by Gasteiger charge is -2.31. The molecule has 0 saturated heterocycles. The number of amides is 1. The van der Waals surface area contributed by atoms with Gasteiger partial charge in [-0.05, 0) is 18.9 Å². The van der Waals surface area contributed by atoms with Crippen LogP contribution >= 0.6 is 0 Å². The standard InChI is InChI=1S/C13H19N3O2/c1-3-9-6-8(7-11(14)17)13-10(15-9)4-5-12(16-13)18-2/h4-5,8-9,15H,3,6-7H2,1-2H3,(H2,14,17). The first-order valence-electron chi connectivity index (χ1n) is 6.23. The van der Waals surface area contributed by atoms with Crippen molar-refractivity contribution < 1.29 is 9.53 Å². The zero-order valence-electron chi connectivity index (χ0n) is 10.8. The summed E-state index contributed by atoms with van der Waals surface area (Å²) < 4.78 is 5.13. The minimum absolute atomic E-state index is 0.0822. The van der Waals surface area contributed by atoms with Crippen molar-refractivity contribution in [2.75, 3.05) is 12.4 Å². The van der Waals surface area contributed by atoms with Crippen LogP contribution in [0.5, 0.6) is 5.88 Å². The summed E-state index contributed by atoms with van der Waals surface area (Å²) in [5, 5.41) is 3.43. The number of carbonyl (C=O) groups is 1. The SMILES string of the molecule is CCC1CC(CC(N)=O)c2nc(OC)ccc2N1. The highest BCUT2D eigenvalue weighted by atomic mass is 16.5. The molecule has 1 aliphatic rings. The number of primary amides is 1. The molecule has 2 heterocycles. The number of hydrogen-bond donors (Lipinski definition) is 2. The van der Waals surface area contributed by atoms with Gasteiger partial charge >= 0.3 is 0 Å². The fourth-order valence-corrected chi connectivity index (χ4v) is 2.43. The molecule has 1 aliphatic heterocycles. The van der Waals surface area contributed by atoms with Crippen molar-refractivity contribution in [1.29, 1.82) is 0 Å². The Balaban J connectivity index is 2.33. The second-order valence-corrected chi connectivity index (χ2v) is 4.64. The molecule has 0 aromatic carbocycles. The monoisotopic (exact) mass is 249 g/mol. The summed E-state index contributed by atoms with van der Waals surface area (Å²) >= 11 is 0. The van der Waals surface area contributed by atoms with Crippen molar-refractivity contribution in [3.63, 3.8) is 0 Å². The smallest absolute Gasteiger partial charge is 0.218 e. The van der Waals surface area contributed by atoms with Crippen LogP contribution in [-0.2, 0) is 4.79 Å². The number of nitrogens with one attached hydrogen (secondary N) is 1. The van der Waals surface area contributed by atoms with Crippen LogP contribution < -0.4 is 15.8 Å². The third-order valence-corrected chi connectivity index (χ3v) is 3.36. The first-order chi connectivity index (χ1) is 8.63. The lowest BCUT2D eigenvalue weighted by molar-refractivity contribution is -0.118. The molecule has 0 radical (unpaired) electrons. The Bertz CT molecular complexity index is 448. The molecule has 5 nitrogen and oxygen atoms in total. The highest BCUT2D eigenvalue weighted by molar-refractivity contribution is 5.75. The van der Waals surface area contributed by atoms with E-state index in [1.54, 1.807) is 7.11 Å². The molecule has 1 amide bonds. The fraction of sp³-hybridized carbons (Fsp3) is 0.538. The number of hydrogen-bond acceptors (Lipinski definition) is 4. The van der Waals surface area contributed by atoms with Crippen LogP contribution in [0.25, 0.3) is 0 Å². The van der Waals surface area contributed by atoms with Crippen molar-refractivity contribution >= 4 is 11.6 Å². The number of ether oxygens (including phenoxy) is 1. The molecular formula is C13H19N3O2. The van der Waals surface area contributed by atoms with Crippen LogP contribution in [0.3, 0.4) is 0 Å². The van der Waals surface area contributed by atoms with Gasteiger partial charge in [-0.3, -0.25) is 4.79 Å². The van der Waals surface area contributed by atoms with E-state index in [1.807, 2.05) is 12.1 Å². The number of nitrogens with zero attached hydrogens (tertiary/aromatic N) is 1. The zero-order chi connectivity index (χ0) is 13.1. The highest BCUT2D eigenvalue weighted by Crippen LogP contribution is 2.36. The van der Waals surface area contributed by atoms with Crippen LogP contribution in [0.1, 0.15) is 37.8 Å². The van der Waals surface area contributed by atoms with Crippen molar-refractivity contribution in [3.05, 3.63) is 17.8 Å². The van der Waals surface area contributed by atoms with Gasteiger partial charge < -0.3 is 15.8 Å². The molecule has 2 unspecified atom stereocenters. The Kier molecular flexibility index (Phi) is 3.69. The second kappa shape index (κ2) is 5.25. The summed E-state index contributed by atoms with van der Waals surface area (Å²) in [7, 11) is 1.59. The van der Waals surface area contributed by atoms with Gasteiger partial charge in [0.25, 0.3) is 0 Å². The van der Waals surface area contributed by atoms with Crippen molar-refractivity contribution in [2.24, 2.45) is 5.73 Å². The van der Waals surface area contributed by atoms with Gasteiger partial charge in [-0.1, -0.05) is 6.92 Å². The first-order valence-corrected chi connectivity index (χ1v) is 6.23. The number of methoxy groups -OCH3 is 1. The summed E-state index contributed by atoms with van der Waals surface area (Å²) in [4.78, 5) is 15.6. The summed E-state index contributed by atoms with van der Waals surface area (Å²) in [6, 6.07) is 4.15. The van der Waals surface area contributed by atoms with Crippen LogP contribution in [0.2, 0.25) is 0 Å². The second-order valence-electron chi connectivity index (χ2n) is 4.64. The Labute approximate surface area is 107 Å². The molecule has 3 N–H and O–H groups in total. The lowest BCUT2D eigenvalue weighted by Crippen LogP contribution is -2.30. The quantitative estimate of drug-likeness (QED) is 0.850. The molecule has 2 rings (SSSR count). The van der Waals surface area contributed by atoms with E-state index in [-0.39, 0.29) is 11.8 Å². The topological polar surface area (TPSA) is 77.2 Å². The van der Waals surface area contributed by atoms with Crippen LogP contribution in [0, 0.1) is 0 Å². The third-order valence-electron chi connectivity index (χ3n) is 3.36. The number of anilines is 1. The van der Waals surface area contributed by atoms with Gasteiger partial charge in [-0.15, -0.1) is 0 Å². The molecule has 0 spiro atoms. The van der Waals surface area contributed by atoms with Gasteiger partial charge in [0, 0.05) is 24.4 Å². The van der Waals surface area contributed by atoms with Crippen LogP contribution in [0.4, 0.5) is 5.69 Å². The van der Waals surface area contributed by atoms with E-state index in [1.165, 1.54) is 0 Å². The molecule has 0 bridgehead atoms. The molecule has 0 saturated carbocycles. The van der Waals surface area contributed by atoms with E-state index >= 15 is 0 Å². The van der Waals surface area contributed by atoms with E-state index in [0.717, 1.165) is 24.2 Å². The molecule has 1 aromatic heterocycles. The van der Waals surface area contributed by atoms with Crippen LogP contribution in [0.15, 0.2) is 12.1 Å². The number of pyridine rings is 1. The molecule has 0 fully saturated rings. The van der Waals surface area contributed by atoms with E-state index < -0.39 is 0 Å². The predicted molar refractivity (Wildman–Crippen MR) is 69.7 cm³/mol. The highest BCUT2D eigenvalue weighted by Gasteiger charge is 2.28. The summed E-state index contributed by atoms with van der Waals surface area (Å²) in [5.41, 5.74) is 7.19. The third kappa shape index (κ3) is 2.55. The minimum Gasteiger partial charge on any atom is -0.481 e. The molecule has 18 heavy (non-hydrogen) atoms. The normalized spacial score (nSPS) is 21.9. The maximum absolute atomic E-state index is 11.2. The van der Waals surface area contributed by atoms with Gasteiger partial charge in [-0.2, -0.15) is 0 Å². The van der Waals surface area contributed by atoms with Crippen molar-refractivity contribution in [3.8, 4) is 5.88 Å². The van der Waals surface area contributed by atoms with Crippen molar-refractivity contribution in [2.45, 2.75) is 38.1 Å². The predicted octanol–water partition coefficient (Wildman–Crippen LogP) is 1.64. The maximum Gasteiger partial charge on any atom is 0.218 e.